The average Bonchev–Trinajstić information content (AvgIpc) is 2.74. The Kier molecular flexibility index (Phi) is 3.84. The number of para-hydroxylation sites is 2. The van der Waals surface area contributed by atoms with Gasteiger partial charge in [-0.25, -0.2) is 0 Å². The van der Waals surface area contributed by atoms with Gasteiger partial charge in [-0.3, -0.25) is 0 Å². The first kappa shape index (κ1) is 15.7. The summed E-state index contributed by atoms with van der Waals surface area (Å²) in [7, 11) is 0. The van der Waals surface area contributed by atoms with Crippen LogP contribution in [0, 0.1) is 6.07 Å². The Labute approximate surface area is 159 Å². The number of hydrogen-bond donors (Lipinski definition) is 0. The van der Waals surface area contributed by atoms with Crippen molar-refractivity contribution in [3.05, 3.63) is 115 Å². The predicted molar refractivity (Wildman–Crippen MR) is 115 cm³/mol. The molecule has 1 radical (unpaired) electrons. The Balaban J connectivity index is 1.71. The van der Waals surface area contributed by atoms with Crippen molar-refractivity contribution in [2.24, 2.45) is 0 Å². The van der Waals surface area contributed by atoms with E-state index in [0.29, 0.717) is 0 Å². The highest BCUT2D eigenvalue weighted by Gasteiger charge is 2.12. The van der Waals surface area contributed by atoms with Crippen LogP contribution in [0.2, 0.25) is 0 Å². The number of hydrogen-bond acceptors (Lipinski definition) is 1. The van der Waals surface area contributed by atoms with E-state index < -0.39 is 0 Å². The Hall–Kier alpha value is -3.58. The molecule has 0 fully saturated rings. The molecule has 127 valence electrons. The molecule has 5 aromatic carbocycles. The Bertz CT molecular complexity index is 1170. The van der Waals surface area contributed by atoms with E-state index in [2.05, 4.69) is 108 Å². The molecule has 0 saturated heterocycles. The molecule has 0 aliphatic carbocycles. The fraction of sp³-hybridized carbons (Fsp3) is 0. The molecule has 0 N–H and O–H groups in total. The Morgan fingerprint density at radius 2 is 1.04 bits per heavy atom. The maximum atomic E-state index is 3.64. The van der Waals surface area contributed by atoms with Crippen molar-refractivity contribution in [3.8, 4) is 0 Å². The lowest BCUT2D eigenvalue weighted by atomic mass is 10.0. The van der Waals surface area contributed by atoms with Gasteiger partial charge < -0.3 is 4.90 Å². The van der Waals surface area contributed by atoms with E-state index in [9.17, 15) is 0 Å². The van der Waals surface area contributed by atoms with Gasteiger partial charge in [0, 0.05) is 17.4 Å². The van der Waals surface area contributed by atoms with Crippen LogP contribution >= 0.6 is 0 Å². The summed E-state index contributed by atoms with van der Waals surface area (Å²) in [6.07, 6.45) is 0. The second-order valence-electron chi connectivity index (χ2n) is 6.64. The first-order valence-electron chi connectivity index (χ1n) is 9.13. The van der Waals surface area contributed by atoms with Crippen molar-refractivity contribution < 1.29 is 0 Å². The smallest absolute Gasteiger partial charge is 0.0547 e. The van der Waals surface area contributed by atoms with Crippen LogP contribution in [-0.4, -0.2) is 0 Å². The minimum absolute atomic E-state index is 1.04. The van der Waals surface area contributed by atoms with E-state index in [1.165, 1.54) is 16.2 Å². The minimum atomic E-state index is 1.04. The van der Waals surface area contributed by atoms with Crippen LogP contribution in [0.4, 0.5) is 17.1 Å². The van der Waals surface area contributed by atoms with Crippen molar-refractivity contribution in [2.45, 2.75) is 0 Å². The van der Waals surface area contributed by atoms with Gasteiger partial charge in [0.15, 0.2) is 0 Å². The summed E-state index contributed by atoms with van der Waals surface area (Å²) in [5, 5.41) is 4.83. The standard InChI is InChI=1S/C26H18N/c1-3-11-24(12-4-1)27(25-13-5-2-6-14-25)26-16-15-22-17-20-9-7-8-10-21(20)18-23(22)19-26/h1-18H. The van der Waals surface area contributed by atoms with Crippen LogP contribution in [0.1, 0.15) is 0 Å². The zero-order valence-corrected chi connectivity index (χ0v) is 14.8. The van der Waals surface area contributed by atoms with Gasteiger partial charge in [0.1, 0.15) is 0 Å². The second-order valence-corrected chi connectivity index (χ2v) is 6.64. The molecule has 0 bridgehead atoms. The van der Waals surface area contributed by atoms with Gasteiger partial charge >= 0.3 is 0 Å². The molecule has 0 aliphatic rings. The highest BCUT2D eigenvalue weighted by molar-refractivity contribution is 5.99. The van der Waals surface area contributed by atoms with E-state index in [1.54, 1.807) is 0 Å². The summed E-state index contributed by atoms with van der Waals surface area (Å²) in [5.74, 6) is 0. The topological polar surface area (TPSA) is 3.24 Å². The largest absolute Gasteiger partial charge is 0.310 e. The molecule has 0 saturated carbocycles. The molecular weight excluding hydrogens is 326 g/mol. The van der Waals surface area contributed by atoms with Crippen molar-refractivity contribution in [3.63, 3.8) is 0 Å². The number of rotatable bonds is 3. The normalized spacial score (nSPS) is 11.0. The molecule has 0 aliphatic heterocycles. The van der Waals surface area contributed by atoms with Gasteiger partial charge in [0.25, 0.3) is 0 Å². The quantitative estimate of drug-likeness (QED) is 0.311. The molecule has 0 spiro atoms. The molecule has 1 heteroatoms. The second kappa shape index (κ2) is 6.62. The molecule has 27 heavy (non-hydrogen) atoms. The SMILES string of the molecule is [c]1c(N(c2ccccc2)c2ccccc2)ccc2cc3ccccc3cc12. The predicted octanol–water partition coefficient (Wildman–Crippen LogP) is 7.26. The summed E-state index contributed by atoms with van der Waals surface area (Å²) < 4.78 is 0. The molecule has 0 unspecified atom stereocenters. The third-order valence-corrected chi connectivity index (χ3v) is 4.87. The average molecular weight is 344 g/mol. The molecule has 0 aromatic heterocycles. The lowest BCUT2D eigenvalue weighted by Gasteiger charge is -2.25. The van der Waals surface area contributed by atoms with E-state index in [-0.39, 0.29) is 0 Å². The number of anilines is 3. The molecule has 5 rings (SSSR count). The van der Waals surface area contributed by atoms with E-state index in [0.717, 1.165) is 22.4 Å². The molecule has 1 nitrogen and oxygen atoms in total. The monoisotopic (exact) mass is 344 g/mol. The molecule has 0 atom stereocenters. The summed E-state index contributed by atoms with van der Waals surface area (Å²) in [6, 6.07) is 41.8. The molecular formula is C26H18N. The Morgan fingerprint density at radius 3 is 1.67 bits per heavy atom. The lowest BCUT2D eigenvalue weighted by molar-refractivity contribution is 1.29. The van der Waals surface area contributed by atoms with Gasteiger partial charge in [-0.1, -0.05) is 66.7 Å². The third kappa shape index (κ3) is 2.94. The summed E-state index contributed by atoms with van der Waals surface area (Å²) in [6.45, 7) is 0. The number of fused-ring (bicyclic) bond motifs is 2. The van der Waals surface area contributed by atoms with Crippen LogP contribution in [-0.2, 0) is 0 Å². The van der Waals surface area contributed by atoms with Gasteiger partial charge in [-0.05, 0) is 64.0 Å². The molecule has 0 heterocycles. The zero-order valence-electron chi connectivity index (χ0n) is 14.8. The van der Waals surface area contributed by atoms with Gasteiger partial charge in [-0.2, -0.15) is 0 Å². The zero-order chi connectivity index (χ0) is 18.1. The van der Waals surface area contributed by atoms with Crippen LogP contribution in [0.25, 0.3) is 21.5 Å². The van der Waals surface area contributed by atoms with E-state index in [1.807, 2.05) is 12.1 Å². The third-order valence-electron chi connectivity index (χ3n) is 4.87. The maximum absolute atomic E-state index is 3.64. The summed E-state index contributed by atoms with van der Waals surface area (Å²) in [4.78, 5) is 2.24. The van der Waals surface area contributed by atoms with Crippen molar-refractivity contribution in [1.82, 2.24) is 0 Å². The van der Waals surface area contributed by atoms with Crippen molar-refractivity contribution in [2.75, 3.05) is 4.90 Å². The van der Waals surface area contributed by atoms with Crippen LogP contribution in [0.5, 0.6) is 0 Å². The highest BCUT2D eigenvalue weighted by atomic mass is 15.1. The lowest BCUT2D eigenvalue weighted by Crippen LogP contribution is -2.09. The number of benzene rings is 5. The van der Waals surface area contributed by atoms with Crippen molar-refractivity contribution >= 4 is 38.6 Å². The van der Waals surface area contributed by atoms with Crippen LogP contribution in [0.3, 0.4) is 0 Å². The first-order valence-corrected chi connectivity index (χ1v) is 9.13. The molecule has 0 amide bonds. The summed E-state index contributed by atoms with van der Waals surface area (Å²) in [5.41, 5.74) is 3.29. The Morgan fingerprint density at radius 1 is 0.481 bits per heavy atom. The first-order chi connectivity index (χ1) is 13.4. The fourth-order valence-corrected chi connectivity index (χ4v) is 3.56. The number of nitrogens with zero attached hydrogens (tertiary/aromatic N) is 1. The molecule has 5 aromatic rings. The van der Waals surface area contributed by atoms with Gasteiger partial charge in [-0.15, -0.1) is 0 Å². The van der Waals surface area contributed by atoms with Crippen LogP contribution < -0.4 is 4.90 Å². The van der Waals surface area contributed by atoms with E-state index >= 15 is 0 Å². The van der Waals surface area contributed by atoms with Gasteiger partial charge in [0.05, 0.1) is 5.69 Å². The van der Waals surface area contributed by atoms with E-state index in [4.69, 9.17) is 0 Å². The summed E-state index contributed by atoms with van der Waals surface area (Å²) >= 11 is 0. The highest BCUT2D eigenvalue weighted by Crippen LogP contribution is 2.35. The van der Waals surface area contributed by atoms with Crippen molar-refractivity contribution in [1.29, 1.82) is 0 Å². The fourth-order valence-electron chi connectivity index (χ4n) is 3.56. The maximum Gasteiger partial charge on any atom is 0.0547 e. The minimum Gasteiger partial charge on any atom is -0.310 e. The van der Waals surface area contributed by atoms with Gasteiger partial charge in [0.2, 0.25) is 0 Å². The van der Waals surface area contributed by atoms with Crippen LogP contribution in [0.15, 0.2) is 109 Å².